The number of thioether (sulfide) groups is 1. The summed E-state index contributed by atoms with van der Waals surface area (Å²) in [5.74, 6) is 1.37. The third kappa shape index (κ3) is 5.15. The summed E-state index contributed by atoms with van der Waals surface area (Å²) >= 11 is 7.35. The summed E-state index contributed by atoms with van der Waals surface area (Å²) in [6.45, 7) is 3.23. The Bertz CT molecular complexity index is 897. The summed E-state index contributed by atoms with van der Waals surface area (Å²) in [6, 6.07) is 11.1. The maximum absolute atomic E-state index is 12.3. The van der Waals surface area contributed by atoms with E-state index in [1.54, 1.807) is 13.4 Å². The van der Waals surface area contributed by atoms with Gasteiger partial charge in [-0.15, -0.1) is 10.2 Å². The lowest BCUT2D eigenvalue weighted by Crippen LogP contribution is -2.33. The lowest BCUT2D eigenvalue weighted by molar-refractivity contribution is -0.120. The van der Waals surface area contributed by atoms with E-state index in [0.29, 0.717) is 35.7 Å². The van der Waals surface area contributed by atoms with Crippen molar-refractivity contribution < 1.29 is 13.9 Å². The van der Waals surface area contributed by atoms with E-state index in [-0.39, 0.29) is 11.2 Å². The van der Waals surface area contributed by atoms with Crippen molar-refractivity contribution in [2.75, 3.05) is 20.3 Å². The monoisotopic (exact) mass is 420 g/mol. The second-order valence-corrected chi connectivity index (χ2v) is 7.77. The number of benzene rings is 1. The van der Waals surface area contributed by atoms with Gasteiger partial charge in [-0.05, 0) is 43.3 Å². The predicted molar refractivity (Wildman–Crippen MR) is 108 cm³/mol. The molecule has 0 spiro atoms. The van der Waals surface area contributed by atoms with Gasteiger partial charge in [0.1, 0.15) is 5.76 Å². The molecule has 3 aromatic rings. The molecule has 2 aromatic heterocycles. The number of nitrogens with one attached hydrogen (secondary N) is 1. The van der Waals surface area contributed by atoms with E-state index in [1.807, 2.05) is 47.9 Å². The van der Waals surface area contributed by atoms with E-state index < -0.39 is 0 Å². The first-order chi connectivity index (χ1) is 13.6. The number of nitrogens with zero attached hydrogens (tertiary/aromatic N) is 3. The van der Waals surface area contributed by atoms with Gasteiger partial charge >= 0.3 is 0 Å². The first-order valence-electron chi connectivity index (χ1n) is 8.73. The minimum absolute atomic E-state index is 0.0809. The minimum atomic E-state index is -0.338. The van der Waals surface area contributed by atoms with Crippen molar-refractivity contribution in [2.24, 2.45) is 0 Å². The van der Waals surface area contributed by atoms with Crippen LogP contribution in [0.3, 0.4) is 0 Å². The zero-order valence-electron chi connectivity index (χ0n) is 15.6. The molecule has 0 unspecified atom stereocenters. The minimum Gasteiger partial charge on any atom is -0.467 e. The van der Waals surface area contributed by atoms with Crippen LogP contribution in [0.25, 0.3) is 11.4 Å². The Balaban J connectivity index is 1.84. The molecule has 2 heterocycles. The van der Waals surface area contributed by atoms with Crippen LogP contribution in [-0.2, 0) is 16.1 Å². The molecule has 0 saturated heterocycles. The lowest BCUT2D eigenvalue weighted by Gasteiger charge is -2.13. The van der Waals surface area contributed by atoms with Gasteiger partial charge in [0.2, 0.25) is 5.91 Å². The third-order valence-electron chi connectivity index (χ3n) is 3.97. The fraction of sp³-hybridized carbons (Fsp3) is 0.316. The Hall–Kier alpha value is -2.29. The van der Waals surface area contributed by atoms with Gasteiger partial charge in [-0.3, -0.25) is 9.36 Å². The zero-order valence-corrected chi connectivity index (χ0v) is 17.2. The average molecular weight is 421 g/mol. The summed E-state index contributed by atoms with van der Waals surface area (Å²) in [5.41, 5.74) is 0.882. The molecule has 0 aliphatic carbocycles. The SMILES string of the molecule is COCCNC(=O)[C@@H](C)Sc1nnc(-c2ccc(Cl)cc2)n1Cc1ccco1. The highest BCUT2D eigenvalue weighted by molar-refractivity contribution is 8.00. The number of halogens is 1. The topological polar surface area (TPSA) is 82.2 Å². The van der Waals surface area contributed by atoms with Crippen LogP contribution < -0.4 is 5.32 Å². The van der Waals surface area contributed by atoms with Crippen molar-refractivity contribution in [1.29, 1.82) is 0 Å². The van der Waals surface area contributed by atoms with E-state index in [9.17, 15) is 4.79 Å². The first kappa shape index (κ1) is 20.4. The number of aromatic nitrogens is 3. The lowest BCUT2D eigenvalue weighted by atomic mass is 10.2. The van der Waals surface area contributed by atoms with E-state index >= 15 is 0 Å². The Morgan fingerprint density at radius 2 is 2.11 bits per heavy atom. The molecule has 0 aliphatic rings. The summed E-state index contributed by atoms with van der Waals surface area (Å²) in [7, 11) is 1.60. The number of hydrogen-bond donors (Lipinski definition) is 1. The molecule has 1 aromatic carbocycles. The number of ether oxygens (including phenoxy) is 1. The smallest absolute Gasteiger partial charge is 0.233 e. The van der Waals surface area contributed by atoms with Gasteiger partial charge in [0, 0.05) is 24.2 Å². The largest absolute Gasteiger partial charge is 0.467 e. The van der Waals surface area contributed by atoms with Crippen molar-refractivity contribution in [1.82, 2.24) is 20.1 Å². The van der Waals surface area contributed by atoms with Crippen molar-refractivity contribution in [3.63, 3.8) is 0 Å². The molecule has 3 rings (SSSR count). The molecule has 0 fully saturated rings. The second kappa shape index (κ2) is 9.77. The number of hydrogen-bond acceptors (Lipinski definition) is 6. The van der Waals surface area contributed by atoms with Crippen LogP contribution >= 0.6 is 23.4 Å². The van der Waals surface area contributed by atoms with Gasteiger partial charge in [0.15, 0.2) is 11.0 Å². The van der Waals surface area contributed by atoms with Gasteiger partial charge in [-0.25, -0.2) is 0 Å². The number of amides is 1. The van der Waals surface area contributed by atoms with Gasteiger partial charge < -0.3 is 14.5 Å². The highest BCUT2D eigenvalue weighted by Crippen LogP contribution is 2.28. The van der Waals surface area contributed by atoms with Gasteiger partial charge in [-0.2, -0.15) is 0 Å². The fourth-order valence-corrected chi connectivity index (χ4v) is 3.52. The van der Waals surface area contributed by atoms with Gasteiger partial charge in [0.25, 0.3) is 0 Å². The number of furan rings is 1. The predicted octanol–water partition coefficient (Wildman–Crippen LogP) is 3.48. The Kier molecular flexibility index (Phi) is 7.13. The van der Waals surface area contributed by atoms with Crippen LogP contribution in [0.4, 0.5) is 0 Å². The molecule has 0 saturated carbocycles. The van der Waals surface area contributed by atoms with E-state index in [0.717, 1.165) is 11.3 Å². The maximum Gasteiger partial charge on any atom is 0.233 e. The van der Waals surface area contributed by atoms with Crippen LogP contribution in [-0.4, -0.2) is 46.2 Å². The quantitative estimate of drug-likeness (QED) is 0.421. The summed E-state index contributed by atoms with van der Waals surface area (Å²) in [5, 5.41) is 12.4. The van der Waals surface area contributed by atoms with E-state index in [2.05, 4.69) is 15.5 Å². The van der Waals surface area contributed by atoms with Crippen LogP contribution in [0.1, 0.15) is 12.7 Å². The Labute approximate surface area is 172 Å². The number of methoxy groups -OCH3 is 1. The third-order valence-corrected chi connectivity index (χ3v) is 5.30. The second-order valence-electron chi connectivity index (χ2n) is 6.02. The molecule has 148 valence electrons. The van der Waals surface area contributed by atoms with Crippen LogP contribution in [0.15, 0.2) is 52.2 Å². The van der Waals surface area contributed by atoms with Gasteiger partial charge in [0.05, 0.1) is 24.7 Å². The van der Waals surface area contributed by atoms with Crippen LogP contribution in [0, 0.1) is 0 Å². The molecule has 1 N–H and O–H groups in total. The first-order valence-corrected chi connectivity index (χ1v) is 9.99. The molecule has 1 amide bonds. The number of carbonyl (C=O) groups excluding carboxylic acids is 1. The molecule has 1 atom stereocenters. The zero-order chi connectivity index (χ0) is 19.9. The van der Waals surface area contributed by atoms with Crippen LogP contribution in [0.5, 0.6) is 0 Å². The summed E-state index contributed by atoms with van der Waals surface area (Å²) in [6.07, 6.45) is 1.63. The molecular formula is C19H21ClN4O3S. The average Bonchev–Trinajstić information content (AvgIpc) is 3.34. The molecule has 28 heavy (non-hydrogen) atoms. The van der Waals surface area contributed by atoms with Crippen LogP contribution in [0.2, 0.25) is 5.02 Å². The van der Waals surface area contributed by atoms with E-state index in [4.69, 9.17) is 20.8 Å². The highest BCUT2D eigenvalue weighted by atomic mass is 35.5. The summed E-state index contributed by atoms with van der Waals surface area (Å²) < 4.78 is 12.4. The molecule has 0 bridgehead atoms. The Morgan fingerprint density at radius 1 is 1.32 bits per heavy atom. The van der Waals surface area contributed by atoms with E-state index in [1.165, 1.54) is 11.8 Å². The fourth-order valence-electron chi connectivity index (χ4n) is 2.52. The molecule has 7 nitrogen and oxygen atoms in total. The molecule has 0 aliphatic heterocycles. The Morgan fingerprint density at radius 3 is 2.79 bits per heavy atom. The normalized spacial score (nSPS) is 12.1. The van der Waals surface area contributed by atoms with Crippen molar-refractivity contribution >= 4 is 29.3 Å². The van der Waals surface area contributed by atoms with Crippen molar-refractivity contribution in [3.05, 3.63) is 53.4 Å². The number of carbonyl (C=O) groups is 1. The molecular weight excluding hydrogens is 400 g/mol. The summed E-state index contributed by atoms with van der Waals surface area (Å²) in [4.78, 5) is 12.3. The van der Waals surface area contributed by atoms with Gasteiger partial charge in [-0.1, -0.05) is 23.4 Å². The van der Waals surface area contributed by atoms with Crippen molar-refractivity contribution in [2.45, 2.75) is 23.9 Å². The standard InChI is InChI=1S/C19H21ClN4O3S/c1-13(18(25)21-9-11-26-2)28-19-23-22-17(14-5-7-15(20)8-6-14)24(19)12-16-4-3-10-27-16/h3-8,10,13H,9,11-12H2,1-2H3,(H,21,25)/t13-/m1/s1. The number of rotatable bonds is 9. The molecule has 9 heteroatoms. The maximum atomic E-state index is 12.3. The highest BCUT2D eigenvalue weighted by Gasteiger charge is 2.21. The molecule has 0 radical (unpaired) electrons. The van der Waals surface area contributed by atoms with Crippen molar-refractivity contribution in [3.8, 4) is 11.4 Å².